The van der Waals surface area contributed by atoms with Crippen molar-refractivity contribution in [3.8, 4) is 0 Å². The van der Waals surface area contributed by atoms with E-state index in [1.54, 1.807) is 39.1 Å². The number of nitrogens with zero attached hydrogens (tertiary/aromatic N) is 1. The van der Waals surface area contributed by atoms with E-state index < -0.39 is 23.8 Å². The van der Waals surface area contributed by atoms with E-state index in [9.17, 15) is 9.59 Å². The zero-order valence-electron chi connectivity index (χ0n) is 14.9. The molecule has 0 fully saturated rings. The number of fused-ring (bicyclic) bond motifs is 1. The minimum absolute atomic E-state index is 0.254. The molecule has 0 radical (unpaired) electrons. The molecule has 2 atom stereocenters. The second kappa shape index (κ2) is 7.03. The number of carbonyl (C=O) groups is 2. The van der Waals surface area contributed by atoms with Gasteiger partial charge in [-0.15, -0.1) is 0 Å². The van der Waals surface area contributed by atoms with Crippen LogP contribution in [0.25, 0.3) is 0 Å². The smallest absolute Gasteiger partial charge is 0.408 e. The van der Waals surface area contributed by atoms with Crippen molar-refractivity contribution in [2.24, 2.45) is 0 Å². The average Bonchev–Trinajstić information content (AvgIpc) is 2.58. The van der Waals surface area contributed by atoms with E-state index in [2.05, 4.69) is 20.9 Å². The van der Waals surface area contributed by atoms with Gasteiger partial charge in [-0.2, -0.15) is 0 Å². The van der Waals surface area contributed by atoms with Gasteiger partial charge in [0.2, 0.25) is 5.91 Å². The van der Waals surface area contributed by atoms with Gasteiger partial charge < -0.3 is 20.7 Å². The number of nitrogens with one attached hydrogen (secondary N) is 3. The van der Waals surface area contributed by atoms with Crippen LogP contribution in [0.4, 0.5) is 16.3 Å². The summed E-state index contributed by atoms with van der Waals surface area (Å²) in [5.74, 6) is 0.305. The predicted octanol–water partition coefficient (Wildman–Crippen LogP) is 3.08. The number of rotatable bonds is 3. The predicted molar refractivity (Wildman–Crippen MR) is 98.8 cm³/mol. The molecule has 1 aromatic carbocycles. The summed E-state index contributed by atoms with van der Waals surface area (Å²) in [6, 6.07) is 11.4. The molecule has 0 unspecified atom stereocenters. The molecule has 0 aliphatic carbocycles. The van der Waals surface area contributed by atoms with Crippen molar-refractivity contribution < 1.29 is 14.3 Å². The van der Waals surface area contributed by atoms with Crippen LogP contribution in [0.15, 0.2) is 48.7 Å². The molecule has 0 saturated carbocycles. The molecular weight excluding hydrogens is 332 g/mol. The van der Waals surface area contributed by atoms with Gasteiger partial charge in [0, 0.05) is 6.20 Å². The third-order valence-electron chi connectivity index (χ3n) is 3.80. The van der Waals surface area contributed by atoms with Gasteiger partial charge in [0.15, 0.2) is 5.82 Å². The lowest BCUT2D eigenvalue weighted by atomic mass is 9.97. The van der Waals surface area contributed by atoms with Gasteiger partial charge in [-0.1, -0.05) is 30.3 Å². The fourth-order valence-corrected chi connectivity index (χ4v) is 2.73. The molecular formula is C19H22N4O3. The molecule has 7 nitrogen and oxygen atoms in total. The molecule has 0 bridgehead atoms. The van der Waals surface area contributed by atoms with E-state index in [0.717, 1.165) is 5.56 Å². The van der Waals surface area contributed by atoms with Crippen molar-refractivity contribution in [2.75, 3.05) is 10.6 Å². The number of ether oxygens (including phenoxy) is 1. The Hall–Kier alpha value is -3.09. The summed E-state index contributed by atoms with van der Waals surface area (Å²) in [5.41, 5.74) is 0.755. The summed E-state index contributed by atoms with van der Waals surface area (Å²) in [6.45, 7) is 5.36. The molecule has 3 rings (SSSR count). The molecule has 2 heterocycles. The summed E-state index contributed by atoms with van der Waals surface area (Å²) in [5, 5.41) is 8.75. The molecule has 0 saturated heterocycles. The van der Waals surface area contributed by atoms with Gasteiger partial charge >= 0.3 is 6.09 Å². The highest BCUT2D eigenvalue weighted by molar-refractivity contribution is 6.02. The standard InChI is InChI=1S/C19H22N4O3/c1-19(2,3)26-18(25)23-14(12-8-5-4-6-9-12)15-17(24)21-13-10-7-11-20-16(13)22-15/h4-11,14-15H,1-3H3,(H,20,22)(H,21,24)(H,23,25)/t14-,15+/m0/s1. The lowest BCUT2D eigenvalue weighted by molar-refractivity contribution is -0.117. The molecule has 1 aromatic heterocycles. The fourth-order valence-electron chi connectivity index (χ4n) is 2.73. The summed E-state index contributed by atoms with van der Waals surface area (Å²) in [6.07, 6.45) is 1.05. The zero-order valence-corrected chi connectivity index (χ0v) is 14.9. The Morgan fingerprint density at radius 3 is 2.62 bits per heavy atom. The quantitative estimate of drug-likeness (QED) is 0.788. The first kappa shape index (κ1) is 17.7. The van der Waals surface area contributed by atoms with Crippen LogP contribution in [-0.4, -0.2) is 28.6 Å². The lowest BCUT2D eigenvalue weighted by Gasteiger charge is -2.33. The molecule has 26 heavy (non-hydrogen) atoms. The Labute approximate surface area is 152 Å². The average molecular weight is 354 g/mol. The second-order valence-electron chi connectivity index (χ2n) is 7.05. The van der Waals surface area contributed by atoms with E-state index in [-0.39, 0.29) is 5.91 Å². The zero-order chi connectivity index (χ0) is 18.7. The number of carbonyl (C=O) groups excluding carboxylic acids is 2. The number of amides is 2. The van der Waals surface area contributed by atoms with Gasteiger partial charge in [0.25, 0.3) is 0 Å². The van der Waals surface area contributed by atoms with Crippen LogP contribution < -0.4 is 16.0 Å². The van der Waals surface area contributed by atoms with Crippen molar-refractivity contribution in [1.29, 1.82) is 0 Å². The summed E-state index contributed by atoms with van der Waals surface area (Å²) in [7, 11) is 0. The summed E-state index contributed by atoms with van der Waals surface area (Å²) in [4.78, 5) is 29.2. The van der Waals surface area contributed by atoms with Crippen LogP contribution >= 0.6 is 0 Å². The van der Waals surface area contributed by atoms with Gasteiger partial charge in [0.1, 0.15) is 11.6 Å². The molecule has 0 spiro atoms. The van der Waals surface area contributed by atoms with Crippen molar-refractivity contribution in [1.82, 2.24) is 10.3 Å². The first-order valence-corrected chi connectivity index (χ1v) is 8.40. The maximum atomic E-state index is 12.6. The van der Waals surface area contributed by atoms with Crippen LogP contribution in [0.2, 0.25) is 0 Å². The number of hydrogen-bond donors (Lipinski definition) is 3. The number of alkyl carbamates (subject to hydrolysis) is 1. The first-order valence-electron chi connectivity index (χ1n) is 8.40. The van der Waals surface area contributed by atoms with Crippen LogP contribution in [0, 0.1) is 0 Å². The van der Waals surface area contributed by atoms with E-state index in [0.29, 0.717) is 11.5 Å². The maximum Gasteiger partial charge on any atom is 0.408 e. The Kier molecular flexibility index (Phi) is 4.79. The Balaban J connectivity index is 1.89. The first-order chi connectivity index (χ1) is 12.3. The minimum Gasteiger partial charge on any atom is -0.444 e. The molecule has 1 aliphatic rings. The molecule has 1 aliphatic heterocycles. The highest BCUT2D eigenvalue weighted by Gasteiger charge is 2.36. The van der Waals surface area contributed by atoms with Gasteiger partial charge in [0.05, 0.1) is 11.7 Å². The van der Waals surface area contributed by atoms with Crippen LogP contribution in [0.1, 0.15) is 32.4 Å². The number of benzene rings is 1. The highest BCUT2D eigenvalue weighted by atomic mass is 16.6. The van der Waals surface area contributed by atoms with Crippen LogP contribution in [0.3, 0.4) is 0 Å². The van der Waals surface area contributed by atoms with E-state index in [1.807, 2.05) is 30.3 Å². The van der Waals surface area contributed by atoms with E-state index in [1.165, 1.54) is 0 Å². The Bertz CT molecular complexity index is 802. The van der Waals surface area contributed by atoms with E-state index in [4.69, 9.17) is 4.74 Å². The normalized spacial score (nSPS) is 17.3. The van der Waals surface area contributed by atoms with Crippen molar-refractivity contribution in [2.45, 2.75) is 38.5 Å². The largest absolute Gasteiger partial charge is 0.444 e. The topological polar surface area (TPSA) is 92.3 Å². The van der Waals surface area contributed by atoms with Crippen molar-refractivity contribution in [3.05, 3.63) is 54.2 Å². The van der Waals surface area contributed by atoms with Gasteiger partial charge in [-0.05, 0) is 38.5 Å². The molecule has 2 aromatic rings. The lowest BCUT2D eigenvalue weighted by Crippen LogP contribution is -2.50. The number of anilines is 2. The van der Waals surface area contributed by atoms with Crippen molar-refractivity contribution >= 4 is 23.5 Å². The number of pyridine rings is 1. The molecule has 2 amide bonds. The third kappa shape index (κ3) is 4.11. The highest BCUT2D eigenvalue weighted by Crippen LogP contribution is 2.29. The Morgan fingerprint density at radius 2 is 1.92 bits per heavy atom. The minimum atomic E-state index is -0.729. The monoisotopic (exact) mass is 354 g/mol. The van der Waals surface area contributed by atoms with E-state index >= 15 is 0 Å². The molecule has 3 N–H and O–H groups in total. The Morgan fingerprint density at radius 1 is 1.19 bits per heavy atom. The third-order valence-corrected chi connectivity index (χ3v) is 3.80. The number of hydrogen-bond acceptors (Lipinski definition) is 5. The van der Waals surface area contributed by atoms with Gasteiger partial charge in [-0.3, -0.25) is 4.79 Å². The summed E-state index contributed by atoms with van der Waals surface area (Å²) < 4.78 is 5.36. The number of aromatic nitrogens is 1. The summed E-state index contributed by atoms with van der Waals surface area (Å²) >= 11 is 0. The van der Waals surface area contributed by atoms with Crippen LogP contribution in [0.5, 0.6) is 0 Å². The van der Waals surface area contributed by atoms with Crippen molar-refractivity contribution in [3.63, 3.8) is 0 Å². The van der Waals surface area contributed by atoms with Crippen LogP contribution in [-0.2, 0) is 9.53 Å². The molecule has 7 heteroatoms. The SMILES string of the molecule is CC(C)(C)OC(=O)N[C@@H](c1ccccc1)[C@H]1Nc2ncccc2NC1=O. The van der Waals surface area contributed by atoms with Gasteiger partial charge in [-0.25, -0.2) is 9.78 Å². The maximum absolute atomic E-state index is 12.6. The molecule has 136 valence electrons. The second-order valence-corrected chi connectivity index (χ2v) is 7.05. The fraction of sp³-hybridized carbons (Fsp3) is 0.316.